The van der Waals surface area contributed by atoms with E-state index in [0.29, 0.717) is 12.5 Å². The molecule has 96 valence electrons. The second kappa shape index (κ2) is 9.64. The molecule has 0 spiro atoms. The van der Waals surface area contributed by atoms with Gasteiger partial charge in [0.25, 0.3) is 0 Å². The van der Waals surface area contributed by atoms with Crippen molar-refractivity contribution < 1.29 is 9.90 Å². The summed E-state index contributed by atoms with van der Waals surface area (Å²) in [6.45, 7) is 7.43. The first-order valence-corrected chi connectivity index (χ1v) is 6.57. The Balaban J connectivity index is 4.09. The molecule has 3 nitrogen and oxygen atoms in total. The number of amides is 1. The van der Waals surface area contributed by atoms with Gasteiger partial charge in [0.1, 0.15) is 0 Å². The van der Waals surface area contributed by atoms with Crippen LogP contribution in [-0.4, -0.2) is 35.1 Å². The SMILES string of the molecule is CCCCN(C(=O)CCCCO)C(C)CC. The molecule has 0 heterocycles. The lowest BCUT2D eigenvalue weighted by Crippen LogP contribution is -2.38. The Bertz CT molecular complexity index is 183. The van der Waals surface area contributed by atoms with Crippen molar-refractivity contribution in [3.8, 4) is 0 Å². The minimum Gasteiger partial charge on any atom is -0.396 e. The molecule has 0 bridgehead atoms. The normalized spacial score (nSPS) is 12.5. The lowest BCUT2D eigenvalue weighted by molar-refractivity contribution is -0.133. The van der Waals surface area contributed by atoms with E-state index in [2.05, 4.69) is 20.8 Å². The Labute approximate surface area is 99.8 Å². The summed E-state index contributed by atoms with van der Waals surface area (Å²) in [5.41, 5.74) is 0. The second-order valence-electron chi connectivity index (χ2n) is 4.38. The summed E-state index contributed by atoms with van der Waals surface area (Å²) in [6.07, 6.45) is 5.32. The Hall–Kier alpha value is -0.570. The van der Waals surface area contributed by atoms with Gasteiger partial charge in [-0.15, -0.1) is 0 Å². The molecule has 0 fully saturated rings. The first-order valence-electron chi connectivity index (χ1n) is 6.57. The molecule has 0 aliphatic rings. The molecule has 0 aliphatic heterocycles. The van der Waals surface area contributed by atoms with E-state index >= 15 is 0 Å². The van der Waals surface area contributed by atoms with Crippen molar-refractivity contribution in [2.45, 2.75) is 65.3 Å². The summed E-state index contributed by atoms with van der Waals surface area (Å²) in [7, 11) is 0. The maximum atomic E-state index is 12.0. The van der Waals surface area contributed by atoms with Gasteiger partial charge in [-0.05, 0) is 32.6 Å². The van der Waals surface area contributed by atoms with Gasteiger partial charge in [-0.25, -0.2) is 0 Å². The highest BCUT2D eigenvalue weighted by atomic mass is 16.3. The van der Waals surface area contributed by atoms with Gasteiger partial charge in [0.15, 0.2) is 0 Å². The molecule has 1 atom stereocenters. The fourth-order valence-electron chi connectivity index (χ4n) is 1.67. The molecular weight excluding hydrogens is 202 g/mol. The molecule has 0 rings (SSSR count). The van der Waals surface area contributed by atoms with Crippen molar-refractivity contribution in [3.05, 3.63) is 0 Å². The molecule has 0 aromatic rings. The van der Waals surface area contributed by atoms with Crippen LogP contribution in [0, 0.1) is 0 Å². The van der Waals surface area contributed by atoms with Gasteiger partial charge >= 0.3 is 0 Å². The van der Waals surface area contributed by atoms with E-state index in [1.54, 1.807) is 0 Å². The first kappa shape index (κ1) is 15.4. The lowest BCUT2D eigenvalue weighted by Gasteiger charge is -2.28. The summed E-state index contributed by atoms with van der Waals surface area (Å²) in [5.74, 6) is 0.247. The van der Waals surface area contributed by atoms with Crippen molar-refractivity contribution >= 4 is 5.91 Å². The number of carbonyl (C=O) groups is 1. The number of aliphatic hydroxyl groups is 1. The molecule has 0 saturated heterocycles. The Morgan fingerprint density at radius 3 is 2.44 bits per heavy atom. The predicted octanol–water partition coefficient (Wildman–Crippen LogP) is 2.58. The third-order valence-corrected chi connectivity index (χ3v) is 2.99. The average Bonchev–Trinajstić information content (AvgIpc) is 2.29. The third kappa shape index (κ3) is 6.11. The minimum atomic E-state index is 0.186. The smallest absolute Gasteiger partial charge is 0.222 e. The molecule has 1 amide bonds. The van der Waals surface area contributed by atoms with Gasteiger partial charge in [-0.2, -0.15) is 0 Å². The van der Waals surface area contributed by atoms with Crippen molar-refractivity contribution in [1.82, 2.24) is 4.90 Å². The van der Waals surface area contributed by atoms with E-state index in [0.717, 1.165) is 38.6 Å². The van der Waals surface area contributed by atoms with Gasteiger partial charge < -0.3 is 10.0 Å². The molecule has 16 heavy (non-hydrogen) atoms. The summed E-state index contributed by atoms with van der Waals surface area (Å²) in [5, 5.41) is 8.69. The van der Waals surface area contributed by atoms with Crippen LogP contribution >= 0.6 is 0 Å². The van der Waals surface area contributed by atoms with Gasteiger partial charge in [0, 0.05) is 25.6 Å². The van der Waals surface area contributed by atoms with Crippen molar-refractivity contribution in [2.24, 2.45) is 0 Å². The summed E-state index contributed by atoms with van der Waals surface area (Å²) in [4.78, 5) is 14.0. The van der Waals surface area contributed by atoms with Crippen LogP contribution in [0.25, 0.3) is 0 Å². The number of nitrogens with zero attached hydrogens (tertiary/aromatic N) is 1. The fraction of sp³-hybridized carbons (Fsp3) is 0.923. The number of rotatable bonds is 9. The topological polar surface area (TPSA) is 40.5 Å². The molecule has 0 saturated carbocycles. The molecule has 1 N–H and O–H groups in total. The highest BCUT2D eigenvalue weighted by molar-refractivity contribution is 5.76. The number of carbonyl (C=O) groups excluding carboxylic acids is 1. The molecule has 3 heteroatoms. The van der Waals surface area contributed by atoms with Gasteiger partial charge in [0.05, 0.1) is 0 Å². The molecule has 1 unspecified atom stereocenters. The largest absolute Gasteiger partial charge is 0.396 e. The van der Waals surface area contributed by atoms with Gasteiger partial charge in [-0.1, -0.05) is 20.3 Å². The van der Waals surface area contributed by atoms with E-state index < -0.39 is 0 Å². The molecule has 0 aromatic heterocycles. The van der Waals surface area contributed by atoms with E-state index in [9.17, 15) is 4.79 Å². The Kier molecular flexibility index (Phi) is 9.30. The summed E-state index contributed by atoms with van der Waals surface area (Å²) < 4.78 is 0. The number of hydrogen-bond donors (Lipinski definition) is 1. The number of aliphatic hydroxyl groups excluding tert-OH is 1. The first-order chi connectivity index (χ1) is 7.67. The summed E-state index contributed by atoms with van der Waals surface area (Å²) in [6, 6.07) is 0.341. The molecule has 0 aliphatic carbocycles. The maximum Gasteiger partial charge on any atom is 0.222 e. The fourth-order valence-corrected chi connectivity index (χ4v) is 1.67. The number of unbranched alkanes of at least 4 members (excludes halogenated alkanes) is 2. The van der Waals surface area contributed by atoms with Crippen LogP contribution < -0.4 is 0 Å². The Morgan fingerprint density at radius 1 is 1.25 bits per heavy atom. The van der Waals surface area contributed by atoms with E-state index in [1.165, 1.54) is 0 Å². The van der Waals surface area contributed by atoms with Crippen molar-refractivity contribution in [1.29, 1.82) is 0 Å². The van der Waals surface area contributed by atoms with Crippen molar-refractivity contribution in [2.75, 3.05) is 13.2 Å². The van der Waals surface area contributed by atoms with E-state index in [1.807, 2.05) is 4.90 Å². The van der Waals surface area contributed by atoms with Crippen LogP contribution in [-0.2, 0) is 4.79 Å². The highest BCUT2D eigenvalue weighted by Gasteiger charge is 2.17. The van der Waals surface area contributed by atoms with E-state index in [-0.39, 0.29) is 12.5 Å². The quantitative estimate of drug-likeness (QED) is 0.617. The van der Waals surface area contributed by atoms with E-state index in [4.69, 9.17) is 5.11 Å². The monoisotopic (exact) mass is 229 g/mol. The van der Waals surface area contributed by atoms with Crippen LogP contribution in [0.15, 0.2) is 0 Å². The van der Waals surface area contributed by atoms with Crippen LogP contribution in [0.2, 0.25) is 0 Å². The van der Waals surface area contributed by atoms with Crippen molar-refractivity contribution in [3.63, 3.8) is 0 Å². The zero-order valence-electron chi connectivity index (χ0n) is 11.0. The van der Waals surface area contributed by atoms with Crippen LogP contribution in [0.1, 0.15) is 59.3 Å². The third-order valence-electron chi connectivity index (χ3n) is 2.99. The van der Waals surface area contributed by atoms with Crippen LogP contribution in [0.3, 0.4) is 0 Å². The Morgan fingerprint density at radius 2 is 1.94 bits per heavy atom. The minimum absolute atomic E-state index is 0.186. The zero-order chi connectivity index (χ0) is 12.4. The summed E-state index contributed by atoms with van der Waals surface area (Å²) >= 11 is 0. The second-order valence-corrected chi connectivity index (χ2v) is 4.38. The highest BCUT2D eigenvalue weighted by Crippen LogP contribution is 2.09. The predicted molar refractivity (Wildman–Crippen MR) is 67.3 cm³/mol. The standard InChI is InChI=1S/C13H27NO2/c1-4-6-10-14(12(3)5-2)13(16)9-7-8-11-15/h12,15H,4-11H2,1-3H3. The van der Waals surface area contributed by atoms with Crippen LogP contribution in [0.4, 0.5) is 0 Å². The van der Waals surface area contributed by atoms with Gasteiger partial charge in [0.2, 0.25) is 5.91 Å². The molecule has 0 aromatic carbocycles. The lowest BCUT2D eigenvalue weighted by atomic mass is 10.1. The molecular formula is C13H27NO2. The molecule has 0 radical (unpaired) electrons. The maximum absolute atomic E-state index is 12.0. The van der Waals surface area contributed by atoms with Crippen LogP contribution in [0.5, 0.6) is 0 Å². The zero-order valence-corrected chi connectivity index (χ0v) is 11.0. The average molecular weight is 229 g/mol. The number of hydrogen-bond acceptors (Lipinski definition) is 2. The van der Waals surface area contributed by atoms with Gasteiger partial charge in [-0.3, -0.25) is 4.79 Å².